The minimum absolute atomic E-state index is 0.0321. The lowest BCUT2D eigenvalue weighted by Gasteiger charge is -2.24. The molecule has 0 aliphatic heterocycles. The van der Waals surface area contributed by atoms with E-state index in [4.69, 9.17) is 4.74 Å². The number of hydrogen-bond donors (Lipinski definition) is 2. The summed E-state index contributed by atoms with van der Waals surface area (Å²) < 4.78 is 5.61. The molecule has 1 heterocycles. The summed E-state index contributed by atoms with van der Waals surface area (Å²) in [6, 6.07) is 9.64. The molecule has 0 aliphatic rings. The Hall–Kier alpha value is -2.14. The van der Waals surface area contributed by atoms with Gasteiger partial charge >= 0.3 is 0 Å². The van der Waals surface area contributed by atoms with Gasteiger partial charge in [-0.15, -0.1) is 0 Å². The molecule has 5 heteroatoms. The van der Waals surface area contributed by atoms with Crippen molar-refractivity contribution in [2.24, 2.45) is 0 Å². The van der Waals surface area contributed by atoms with Gasteiger partial charge in [-0.1, -0.05) is 30.3 Å². The third-order valence-corrected chi connectivity index (χ3v) is 3.31. The first kappa shape index (κ1) is 16.2. The zero-order valence-electron chi connectivity index (χ0n) is 13.3. The average molecular weight is 301 g/mol. The van der Waals surface area contributed by atoms with E-state index in [1.54, 1.807) is 12.4 Å². The van der Waals surface area contributed by atoms with Crippen molar-refractivity contribution in [1.82, 2.24) is 9.97 Å². The second kappa shape index (κ2) is 7.22. The van der Waals surface area contributed by atoms with Crippen molar-refractivity contribution >= 4 is 5.82 Å². The van der Waals surface area contributed by atoms with Gasteiger partial charge in [0.2, 0.25) is 0 Å². The van der Waals surface area contributed by atoms with Crippen molar-refractivity contribution in [2.75, 3.05) is 11.9 Å². The minimum atomic E-state index is -0.893. The Morgan fingerprint density at radius 2 is 1.86 bits per heavy atom. The molecule has 0 bridgehead atoms. The molecule has 1 atom stereocenters. The fraction of sp³-hybridized carbons (Fsp3) is 0.412. The number of anilines is 1. The number of ether oxygens (including phenoxy) is 1. The monoisotopic (exact) mass is 301 g/mol. The van der Waals surface area contributed by atoms with E-state index in [0.717, 1.165) is 5.56 Å². The van der Waals surface area contributed by atoms with Crippen molar-refractivity contribution in [1.29, 1.82) is 0 Å². The SMILES string of the molecule is CC(C)Oc1nccnc1NCCC(C)(O)c1ccccc1. The van der Waals surface area contributed by atoms with Crippen LogP contribution in [0.4, 0.5) is 5.82 Å². The number of hydrogen-bond acceptors (Lipinski definition) is 5. The molecule has 0 saturated carbocycles. The maximum Gasteiger partial charge on any atom is 0.257 e. The average Bonchev–Trinajstić information content (AvgIpc) is 2.49. The maximum absolute atomic E-state index is 10.6. The Morgan fingerprint density at radius 3 is 2.55 bits per heavy atom. The normalized spacial score (nSPS) is 13.7. The summed E-state index contributed by atoms with van der Waals surface area (Å²) in [4.78, 5) is 8.43. The predicted octanol–water partition coefficient (Wildman–Crippen LogP) is 2.97. The Kier molecular flexibility index (Phi) is 5.33. The fourth-order valence-electron chi connectivity index (χ4n) is 2.12. The highest BCUT2D eigenvalue weighted by molar-refractivity contribution is 5.44. The molecule has 0 aliphatic carbocycles. The van der Waals surface area contributed by atoms with Crippen LogP contribution in [-0.4, -0.2) is 27.7 Å². The van der Waals surface area contributed by atoms with Gasteiger partial charge < -0.3 is 15.2 Å². The largest absolute Gasteiger partial charge is 0.472 e. The second-order valence-electron chi connectivity index (χ2n) is 5.69. The molecule has 2 aromatic rings. The van der Waals surface area contributed by atoms with Crippen LogP contribution in [0.15, 0.2) is 42.7 Å². The minimum Gasteiger partial charge on any atom is -0.472 e. The Labute approximate surface area is 131 Å². The molecule has 5 nitrogen and oxygen atoms in total. The molecule has 0 fully saturated rings. The second-order valence-corrected chi connectivity index (χ2v) is 5.69. The summed E-state index contributed by atoms with van der Waals surface area (Å²) >= 11 is 0. The number of aliphatic hydroxyl groups is 1. The van der Waals surface area contributed by atoms with Crippen LogP contribution in [0.5, 0.6) is 5.88 Å². The number of benzene rings is 1. The van der Waals surface area contributed by atoms with Gasteiger partial charge in [-0.2, -0.15) is 0 Å². The van der Waals surface area contributed by atoms with Gasteiger partial charge in [-0.3, -0.25) is 0 Å². The molecule has 1 aromatic carbocycles. The molecule has 0 radical (unpaired) electrons. The van der Waals surface area contributed by atoms with E-state index >= 15 is 0 Å². The van der Waals surface area contributed by atoms with Crippen molar-refractivity contribution in [3.05, 3.63) is 48.3 Å². The lowest BCUT2D eigenvalue weighted by atomic mass is 9.93. The zero-order chi connectivity index (χ0) is 16.0. The molecular formula is C17H23N3O2. The first-order valence-corrected chi connectivity index (χ1v) is 7.48. The molecule has 0 spiro atoms. The predicted molar refractivity (Wildman–Crippen MR) is 86.9 cm³/mol. The summed E-state index contributed by atoms with van der Waals surface area (Å²) in [7, 11) is 0. The van der Waals surface area contributed by atoms with E-state index in [9.17, 15) is 5.11 Å². The van der Waals surface area contributed by atoms with E-state index in [1.807, 2.05) is 51.1 Å². The smallest absolute Gasteiger partial charge is 0.257 e. The molecule has 0 amide bonds. The quantitative estimate of drug-likeness (QED) is 0.823. The molecular weight excluding hydrogens is 278 g/mol. The van der Waals surface area contributed by atoms with Crippen LogP contribution in [0.3, 0.4) is 0 Å². The summed E-state index contributed by atoms with van der Waals surface area (Å²) in [6.45, 7) is 6.26. The third kappa shape index (κ3) is 4.43. The molecule has 2 N–H and O–H groups in total. The Bertz CT molecular complexity index is 585. The van der Waals surface area contributed by atoms with Gasteiger partial charge in [-0.05, 0) is 32.8 Å². The van der Waals surface area contributed by atoms with Crippen LogP contribution in [0.2, 0.25) is 0 Å². The van der Waals surface area contributed by atoms with E-state index in [2.05, 4.69) is 15.3 Å². The lowest BCUT2D eigenvalue weighted by Crippen LogP contribution is -2.25. The van der Waals surface area contributed by atoms with Gasteiger partial charge in [0.1, 0.15) is 0 Å². The van der Waals surface area contributed by atoms with Gasteiger partial charge in [0.05, 0.1) is 11.7 Å². The highest BCUT2D eigenvalue weighted by Crippen LogP contribution is 2.25. The molecule has 118 valence electrons. The van der Waals surface area contributed by atoms with Gasteiger partial charge in [0.15, 0.2) is 5.82 Å². The van der Waals surface area contributed by atoms with Crippen LogP contribution in [-0.2, 0) is 5.60 Å². The summed E-state index contributed by atoms with van der Waals surface area (Å²) in [6.07, 6.45) is 3.80. The fourth-order valence-corrected chi connectivity index (χ4v) is 2.12. The van der Waals surface area contributed by atoms with Crippen molar-refractivity contribution in [3.8, 4) is 5.88 Å². The van der Waals surface area contributed by atoms with Crippen molar-refractivity contribution in [2.45, 2.75) is 38.9 Å². The van der Waals surface area contributed by atoms with Crippen LogP contribution in [0, 0.1) is 0 Å². The zero-order valence-corrected chi connectivity index (χ0v) is 13.3. The lowest BCUT2D eigenvalue weighted by molar-refractivity contribution is 0.0514. The Morgan fingerprint density at radius 1 is 1.18 bits per heavy atom. The standard InChI is InChI=1S/C17H23N3O2/c1-13(2)22-16-15(19-11-12-20-16)18-10-9-17(3,21)14-7-5-4-6-8-14/h4-8,11-13,21H,9-10H2,1-3H3,(H,18,19). The van der Waals surface area contributed by atoms with Crippen molar-refractivity contribution < 1.29 is 9.84 Å². The molecule has 22 heavy (non-hydrogen) atoms. The van der Waals surface area contributed by atoms with Crippen molar-refractivity contribution in [3.63, 3.8) is 0 Å². The Balaban J connectivity index is 1.96. The van der Waals surface area contributed by atoms with Gasteiger partial charge in [-0.25, -0.2) is 9.97 Å². The third-order valence-electron chi connectivity index (χ3n) is 3.31. The number of rotatable bonds is 7. The number of nitrogens with one attached hydrogen (secondary N) is 1. The van der Waals surface area contributed by atoms with E-state index in [0.29, 0.717) is 24.7 Å². The highest BCUT2D eigenvalue weighted by Gasteiger charge is 2.22. The van der Waals surface area contributed by atoms with Crippen LogP contribution in [0.1, 0.15) is 32.8 Å². The van der Waals surface area contributed by atoms with Crippen LogP contribution in [0.25, 0.3) is 0 Å². The highest BCUT2D eigenvalue weighted by atomic mass is 16.5. The first-order chi connectivity index (χ1) is 10.5. The van der Waals surface area contributed by atoms with E-state index in [1.165, 1.54) is 0 Å². The van der Waals surface area contributed by atoms with Gasteiger partial charge in [0.25, 0.3) is 5.88 Å². The number of nitrogens with zero attached hydrogens (tertiary/aromatic N) is 2. The molecule has 1 aromatic heterocycles. The van der Waals surface area contributed by atoms with Gasteiger partial charge in [0, 0.05) is 18.9 Å². The van der Waals surface area contributed by atoms with E-state index in [-0.39, 0.29) is 6.10 Å². The maximum atomic E-state index is 10.6. The number of aromatic nitrogens is 2. The topological polar surface area (TPSA) is 67.3 Å². The summed E-state index contributed by atoms with van der Waals surface area (Å²) in [5.41, 5.74) is 0.00446. The van der Waals surface area contributed by atoms with E-state index < -0.39 is 5.60 Å². The summed E-state index contributed by atoms with van der Waals surface area (Å²) in [5, 5.41) is 13.8. The molecule has 2 rings (SSSR count). The molecule has 1 unspecified atom stereocenters. The molecule has 0 saturated heterocycles. The summed E-state index contributed by atoms with van der Waals surface area (Å²) in [5.74, 6) is 1.08. The van der Waals surface area contributed by atoms with Crippen LogP contribution < -0.4 is 10.1 Å². The first-order valence-electron chi connectivity index (χ1n) is 7.48. The van der Waals surface area contributed by atoms with Crippen LogP contribution >= 0.6 is 0 Å².